The predicted molar refractivity (Wildman–Crippen MR) is 87.1 cm³/mol. The van der Waals surface area contributed by atoms with E-state index in [1.807, 2.05) is 55.5 Å². The Kier molecular flexibility index (Phi) is 3.87. The Morgan fingerprint density at radius 1 is 1.00 bits per heavy atom. The van der Waals surface area contributed by atoms with Gasteiger partial charge in [0.25, 0.3) is 0 Å². The molecule has 0 saturated carbocycles. The minimum Gasteiger partial charge on any atom is -0.307 e. The van der Waals surface area contributed by atoms with Crippen LogP contribution in [0.5, 0.6) is 0 Å². The molecular weight excluding hydrogens is 299 g/mol. The fraction of sp³-hybridized carbons (Fsp3) is 0.188. The Labute approximate surface area is 129 Å². The van der Waals surface area contributed by atoms with E-state index in [4.69, 9.17) is 9.05 Å². The molecule has 0 N–H and O–H groups in total. The molecule has 0 radical (unpaired) electrons. The molecule has 3 aromatic rings. The average molecular weight is 316 g/mol. The first-order valence-corrected chi connectivity index (χ1v) is 8.40. The zero-order valence-electron chi connectivity index (χ0n) is 12.7. The Morgan fingerprint density at radius 2 is 1.64 bits per heavy atom. The molecule has 0 aliphatic heterocycles. The predicted octanol–water partition coefficient (Wildman–Crippen LogP) is 3.45. The number of fused-ring (bicyclic) bond motifs is 1. The van der Waals surface area contributed by atoms with Gasteiger partial charge in [-0.15, -0.1) is 0 Å². The maximum absolute atomic E-state index is 13.0. The molecule has 0 aliphatic carbocycles. The van der Waals surface area contributed by atoms with Crippen LogP contribution in [0.3, 0.4) is 0 Å². The van der Waals surface area contributed by atoms with Gasteiger partial charge in [-0.1, -0.05) is 35.9 Å². The summed E-state index contributed by atoms with van der Waals surface area (Å²) in [5.41, 5.74) is 3.14. The van der Waals surface area contributed by atoms with Gasteiger partial charge in [0, 0.05) is 19.6 Å². The Morgan fingerprint density at radius 3 is 2.27 bits per heavy atom. The maximum Gasteiger partial charge on any atom is 0.379 e. The normalized spacial score (nSPS) is 12.0. The van der Waals surface area contributed by atoms with Crippen LogP contribution in [0.4, 0.5) is 0 Å². The largest absolute Gasteiger partial charge is 0.379 e. The number of nitrogens with zero attached hydrogens (tertiary/aromatic N) is 2. The van der Waals surface area contributed by atoms with Crippen molar-refractivity contribution >= 4 is 23.9 Å². The SMILES string of the molecule is COP(=O)(OC)c1c2ccccc2nn1-c1ccc(C)cc1. The van der Waals surface area contributed by atoms with Gasteiger partial charge in [0.1, 0.15) is 0 Å². The van der Waals surface area contributed by atoms with Gasteiger partial charge in [-0.05, 0) is 25.1 Å². The van der Waals surface area contributed by atoms with Crippen LogP contribution in [0.15, 0.2) is 48.5 Å². The quantitative estimate of drug-likeness (QED) is 0.692. The molecule has 0 aliphatic rings. The number of benzene rings is 2. The van der Waals surface area contributed by atoms with Crippen LogP contribution in [0.1, 0.15) is 5.56 Å². The van der Waals surface area contributed by atoms with Gasteiger partial charge >= 0.3 is 7.60 Å². The second-order valence-electron chi connectivity index (χ2n) is 4.95. The summed E-state index contributed by atoms with van der Waals surface area (Å²) >= 11 is 0. The third kappa shape index (κ3) is 2.37. The Bertz CT molecular complexity index is 847. The van der Waals surface area contributed by atoms with Crippen LogP contribution in [-0.2, 0) is 13.6 Å². The van der Waals surface area contributed by atoms with Gasteiger partial charge in [0.2, 0.25) is 0 Å². The highest BCUT2D eigenvalue weighted by atomic mass is 31.2. The van der Waals surface area contributed by atoms with E-state index in [0.29, 0.717) is 5.44 Å². The highest BCUT2D eigenvalue weighted by Crippen LogP contribution is 2.47. The fourth-order valence-corrected chi connectivity index (χ4v) is 3.77. The van der Waals surface area contributed by atoms with E-state index in [9.17, 15) is 4.57 Å². The third-order valence-electron chi connectivity index (χ3n) is 3.57. The topological polar surface area (TPSA) is 53.4 Å². The van der Waals surface area contributed by atoms with Crippen LogP contribution in [0.2, 0.25) is 0 Å². The second kappa shape index (κ2) is 5.69. The van der Waals surface area contributed by atoms with Crippen LogP contribution < -0.4 is 5.44 Å². The van der Waals surface area contributed by atoms with Gasteiger partial charge in [0.15, 0.2) is 5.44 Å². The van der Waals surface area contributed by atoms with E-state index < -0.39 is 7.60 Å². The molecular formula is C16H17N2O3P. The maximum atomic E-state index is 13.0. The van der Waals surface area contributed by atoms with Crippen LogP contribution in [0.25, 0.3) is 16.6 Å². The molecule has 0 fully saturated rings. The van der Waals surface area contributed by atoms with Crippen LogP contribution >= 0.6 is 7.60 Å². The van der Waals surface area contributed by atoms with Crippen molar-refractivity contribution in [2.45, 2.75) is 6.92 Å². The lowest BCUT2D eigenvalue weighted by Crippen LogP contribution is -2.19. The smallest absolute Gasteiger partial charge is 0.307 e. The molecule has 114 valence electrons. The molecule has 0 saturated heterocycles. The number of aromatic nitrogens is 2. The molecule has 2 aromatic carbocycles. The van der Waals surface area contributed by atoms with Gasteiger partial charge < -0.3 is 9.05 Å². The summed E-state index contributed by atoms with van der Waals surface area (Å²) < 4.78 is 25.0. The number of hydrogen-bond acceptors (Lipinski definition) is 4. The van der Waals surface area contributed by atoms with Crippen LogP contribution in [0, 0.1) is 6.92 Å². The Balaban J connectivity index is 2.34. The lowest BCUT2D eigenvalue weighted by atomic mass is 10.2. The second-order valence-corrected chi connectivity index (χ2v) is 7.10. The van der Waals surface area contributed by atoms with Crippen molar-refractivity contribution in [3.05, 3.63) is 54.1 Å². The standard InChI is InChI=1S/C16H17N2O3P/c1-12-8-10-13(11-9-12)18-16(22(19,20-2)21-3)14-6-4-5-7-15(14)17-18/h4-11H,1-3H3. The molecule has 0 spiro atoms. The zero-order chi connectivity index (χ0) is 15.7. The summed E-state index contributed by atoms with van der Waals surface area (Å²) in [6.45, 7) is 2.01. The van der Waals surface area contributed by atoms with Crippen LogP contribution in [-0.4, -0.2) is 24.0 Å². The van der Waals surface area contributed by atoms with Crippen molar-refractivity contribution in [3.63, 3.8) is 0 Å². The number of rotatable bonds is 4. The first kappa shape index (κ1) is 15.0. The minimum absolute atomic E-state index is 0.442. The Hall–Kier alpha value is -1.94. The van der Waals surface area contributed by atoms with Crippen molar-refractivity contribution in [3.8, 4) is 5.69 Å². The van der Waals surface area contributed by atoms with Gasteiger partial charge in [-0.2, -0.15) is 5.10 Å². The molecule has 3 rings (SSSR count). The van der Waals surface area contributed by atoms with E-state index in [1.54, 1.807) is 4.68 Å². The van der Waals surface area contributed by atoms with Crippen molar-refractivity contribution in [1.82, 2.24) is 9.78 Å². The first-order chi connectivity index (χ1) is 10.6. The van der Waals surface area contributed by atoms with E-state index in [-0.39, 0.29) is 0 Å². The molecule has 1 aromatic heterocycles. The summed E-state index contributed by atoms with van der Waals surface area (Å²) in [4.78, 5) is 0. The van der Waals surface area contributed by atoms with E-state index in [0.717, 1.165) is 22.2 Å². The molecule has 0 amide bonds. The van der Waals surface area contributed by atoms with E-state index >= 15 is 0 Å². The van der Waals surface area contributed by atoms with E-state index in [2.05, 4.69) is 5.10 Å². The van der Waals surface area contributed by atoms with Gasteiger partial charge in [-0.3, -0.25) is 4.57 Å². The lowest BCUT2D eigenvalue weighted by Gasteiger charge is -2.16. The number of hydrogen-bond donors (Lipinski definition) is 0. The van der Waals surface area contributed by atoms with Crippen molar-refractivity contribution < 1.29 is 13.6 Å². The lowest BCUT2D eigenvalue weighted by molar-refractivity contribution is 0.286. The highest BCUT2D eigenvalue weighted by molar-refractivity contribution is 7.62. The molecule has 0 bridgehead atoms. The highest BCUT2D eigenvalue weighted by Gasteiger charge is 2.32. The third-order valence-corrected chi connectivity index (χ3v) is 5.48. The molecule has 0 unspecified atom stereocenters. The summed E-state index contributed by atoms with van der Waals surface area (Å²) in [5.74, 6) is 0. The summed E-state index contributed by atoms with van der Waals surface area (Å²) in [7, 11) is -0.685. The summed E-state index contributed by atoms with van der Waals surface area (Å²) in [5, 5.41) is 5.32. The fourth-order valence-electron chi connectivity index (χ4n) is 2.40. The first-order valence-electron chi connectivity index (χ1n) is 6.86. The zero-order valence-corrected chi connectivity index (χ0v) is 13.6. The van der Waals surface area contributed by atoms with Crippen molar-refractivity contribution in [2.75, 3.05) is 14.2 Å². The van der Waals surface area contributed by atoms with E-state index in [1.165, 1.54) is 14.2 Å². The minimum atomic E-state index is -3.45. The molecule has 5 nitrogen and oxygen atoms in total. The van der Waals surface area contributed by atoms with Crippen molar-refractivity contribution in [1.29, 1.82) is 0 Å². The monoisotopic (exact) mass is 316 g/mol. The molecule has 22 heavy (non-hydrogen) atoms. The van der Waals surface area contributed by atoms with Gasteiger partial charge in [-0.25, -0.2) is 4.68 Å². The average Bonchev–Trinajstić information content (AvgIpc) is 2.95. The summed E-state index contributed by atoms with van der Waals surface area (Å²) in [6, 6.07) is 15.3. The molecule has 1 heterocycles. The molecule has 6 heteroatoms. The summed E-state index contributed by atoms with van der Waals surface area (Å²) in [6.07, 6.45) is 0. The van der Waals surface area contributed by atoms with Gasteiger partial charge in [0.05, 0.1) is 11.2 Å². The molecule has 0 atom stereocenters. The number of aryl methyl sites for hydroxylation is 1. The van der Waals surface area contributed by atoms with Crippen molar-refractivity contribution in [2.24, 2.45) is 0 Å².